The molecule has 0 amide bonds. The van der Waals surface area contributed by atoms with Crippen LogP contribution in [0.2, 0.25) is 0 Å². The molecule has 0 aliphatic carbocycles. The van der Waals surface area contributed by atoms with E-state index in [1.165, 1.54) is 6.08 Å². The van der Waals surface area contributed by atoms with Gasteiger partial charge in [-0.3, -0.25) is 15.3 Å². The first-order chi connectivity index (χ1) is 6.43. The van der Waals surface area contributed by atoms with E-state index >= 15 is 0 Å². The fourth-order valence-corrected chi connectivity index (χ4v) is 1.28. The molecule has 6 heteroatoms. The molecule has 0 aromatic rings. The molecule has 0 bridgehead atoms. The van der Waals surface area contributed by atoms with Gasteiger partial charge in [0.2, 0.25) is 0 Å². The van der Waals surface area contributed by atoms with Crippen LogP contribution in [-0.2, 0) is 0 Å². The standard InChI is InChI=1S/C8H13N3O3/c1-6-5-10(12)8(9(2)3)4-7(6)11(13)14/h4,12H,5H2,1-3H3. The quantitative estimate of drug-likeness (QED) is 0.522. The van der Waals surface area contributed by atoms with Gasteiger partial charge in [-0.15, -0.1) is 0 Å². The number of allylic oxidation sites excluding steroid dienone is 1. The van der Waals surface area contributed by atoms with E-state index in [4.69, 9.17) is 0 Å². The molecule has 1 heterocycles. The van der Waals surface area contributed by atoms with Gasteiger partial charge in [0.05, 0.1) is 17.5 Å². The van der Waals surface area contributed by atoms with Crippen LogP contribution in [0.1, 0.15) is 6.92 Å². The lowest BCUT2D eigenvalue weighted by atomic mass is 10.1. The molecule has 0 atom stereocenters. The van der Waals surface area contributed by atoms with E-state index in [-0.39, 0.29) is 12.2 Å². The zero-order chi connectivity index (χ0) is 10.9. The molecule has 0 saturated carbocycles. The van der Waals surface area contributed by atoms with Crippen molar-refractivity contribution in [2.75, 3.05) is 20.6 Å². The van der Waals surface area contributed by atoms with Crippen molar-refractivity contribution in [2.45, 2.75) is 6.92 Å². The highest BCUT2D eigenvalue weighted by molar-refractivity contribution is 5.26. The Morgan fingerprint density at radius 3 is 2.64 bits per heavy atom. The molecular weight excluding hydrogens is 186 g/mol. The zero-order valence-electron chi connectivity index (χ0n) is 8.39. The van der Waals surface area contributed by atoms with Crippen LogP contribution in [-0.4, -0.2) is 40.7 Å². The average Bonchev–Trinajstić information content (AvgIpc) is 2.02. The Bertz CT molecular complexity index is 320. The van der Waals surface area contributed by atoms with Gasteiger partial charge in [-0.2, -0.15) is 0 Å². The molecule has 1 aliphatic heterocycles. The molecule has 1 aliphatic rings. The highest BCUT2D eigenvalue weighted by Crippen LogP contribution is 2.20. The Kier molecular flexibility index (Phi) is 2.76. The van der Waals surface area contributed by atoms with Gasteiger partial charge in [-0.25, -0.2) is 5.06 Å². The van der Waals surface area contributed by atoms with Crippen molar-refractivity contribution in [1.82, 2.24) is 9.96 Å². The Hall–Kier alpha value is -1.56. The number of hydroxylamine groups is 2. The van der Waals surface area contributed by atoms with E-state index in [0.29, 0.717) is 11.4 Å². The highest BCUT2D eigenvalue weighted by Gasteiger charge is 2.24. The fourth-order valence-electron chi connectivity index (χ4n) is 1.28. The first-order valence-electron chi connectivity index (χ1n) is 4.13. The lowest BCUT2D eigenvalue weighted by Gasteiger charge is -2.28. The first-order valence-corrected chi connectivity index (χ1v) is 4.13. The Labute approximate surface area is 81.8 Å². The summed E-state index contributed by atoms with van der Waals surface area (Å²) in [5.41, 5.74) is 0.599. The summed E-state index contributed by atoms with van der Waals surface area (Å²) in [6, 6.07) is 0. The third-order valence-electron chi connectivity index (χ3n) is 2.01. The summed E-state index contributed by atoms with van der Waals surface area (Å²) in [7, 11) is 3.43. The second kappa shape index (κ2) is 3.67. The maximum Gasteiger partial charge on any atom is 0.273 e. The summed E-state index contributed by atoms with van der Waals surface area (Å²) < 4.78 is 0. The first kappa shape index (κ1) is 10.5. The lowest BCUT2D eigenvalue weighted by Crippen LogP contribution is -2.33. The van der Waals surface area contributed by atoms with E-state index in [2.05, 4.69) is 0 Å². The summed E-state index contributed by atoms with van der Waals surface area (Å²) in [6.07, 6.45) is 1.36. The summed E-state index contributed by atoms with van der Waals surface area (Å²) in [4.78, 5) is 11.8. The van der Waals surface area contributed by atoms with Gasteiger partial charge in [0.25, 0.3) is 5.70 Å². The Morgan fingerprint density at radius 2 is 2.21 bits per heavy atom. The summed E-state index contributed by atoms with van der Waals surface area (Å²) in [6.45, 7) is 1.80. The molecule has 0 fully saturated rings. The molecule has 1 N–H and O–H groups in total. The second-order valence-electron chi connectivity index (χ2n) is 3.38. The predicted molar refractivity (Wildman–Crippen MR) is 50.0 cm³/mol. The fraction of sp³-hybridized carbons (Fsp3) is 0.500. The minimum atomic E-state index is -0.439. The molecule has 0 saturated heterocycles. The summed E-state index contributed by atoms with van der Waals surface area (Å²) in [5, 5.41) is 21.1. The topological polar surface area (TPSA) is 69.9 Å². The Balaban J connectivity index is 3.08. The molecule has 0 radical (unpaired) electrons. The van der Waals surface area contributed by atoms with Crippen molar-refractivity contribution >= 4 is 0 Å². The average molecular weight is 199 g/mol. The van der Waals surface area contributed by atoms with E-state index in [9.17, 15) is 15.3 Å². The monoisotopic (exact) mass is 199 g/mol. The van der Waals surface area contributed by atoms with Gasteiger partial charge < -0.3 is 4.90 Å². The van der Waals surface area contributed by atoms with E-state index in [1.807, 2.05) is 0 Å². The van der Waals surface area contributed by atoms with Crippen LogP contribution >= 0.6 is 0 Å². The summed E-state index contributed by atoms with van der Waals surface area (Å²) >= 11 is 0. The van der Waals surface area contributed by atoms with Gasteiger partial charge in [-0.1, -0.05) is 0 Å². The molecule has 14 heavy (non-hydrogen) atoms. The molecule has 0 unspecified atom stereocenters. The van der Waals surface area contributed by atoms with Crippen LogP contribution in [0.5, 0.6) is 0 Å². The minimum absolute atomic E-state index is 0.0546. The van der Waals surface area contributed by atoms with Crippen molar-refractivity contribution < 1.29 is 10.1 Å². The molecular formula is C8H13N3O3. The molecule has 6 nitrogen and oxygen atoms in total. The van der Waals surface area contributed by atoms with Crippen molar-refractivity contribution in [3.05, 3.63) is 33.3 Å². The van der Waals surface area contributed by atoms with E-state index in [1.54, 1.807) is 25.9 Å². The van der Waals surface area contributed by atoms with Gasteiger partial charge >= 0.3 is 0 Å². The Morgan fingerprint density at radius 1 is 1.64 bits per heavy atom. The largest absolute Gasteiger partial charge is 0.362 e. The third kappa shape index (κ3) is 1.85. The smallest absolute Gasteiger partial charge is 0.273 e. The van der Waals surface area contributed by atoms with Crippen LogP contribution in [0.15, 0.2) is 23.2 Å². The molecule has 78 valence electrons. The number of nitrogens with zero attached hydrogens (tertiary/aromatic N) is 3. The lowest BCUT2D eigenvalue weighted by molar-refractivity contribution is -0.421. The van der Waals surface area contributed by atoms with Gasteiger partial charge in [0.15, 0.2) is 0 Å². The van der Waals surface area contributed by atoms with Crippen molar-refractivity contribution in [1.29, 1.82) is 0 Å². The van der Waals surface area contributed by atoms with Crippen LogP contribution in [0.4, 0.5) is 0 Å². The summed E-state index contributed by atoms with van der Waals surface area (Å²) in [5.74, 6) is 0.419. The molecule has 0 aromatic carbocycles. The molecule has 1 rings (SSSR count). The van der Waals surface area contributed by atoms with Crippen LogP contribution in [0.3, 0.4) is 0 Å². The molecule has 0 spiro atoms. The van der Waals surface area contributed by atoms with Crippen LogP contribution in [0, 0.1) is 10.1 Å². The number of hydrogen-bond donors (Lipinski definition) is 1. The number of hydrogen-bond acceptors (Lipinski definition) is 5. The normalized spacial score (nSPS) is 16.9. The van der Waals surface area contributed by atoms with E-state index in [0.717, 1.165) is 5.06 Å². The number of rotatable bonds is 2. The second-order valence-corrected chi connectivity index (χ2v) is 3.38. The van der Waals surface area contributed by atoms with Crippen molar-refractivity contribution in [3.8, 4) is 0 Å². The highest BCUT2D eigenvalue weighted by atomic mass is 16.6. The molecule has 0 aromatic heterocycles. The van der Waals surface area contributed by atoms with Gasteiger partial charge in [0.1, 0.15) is 5.82 Å². The van der Waals surface area contributed by atoms with Crippen LogP contribution in [0.25, 0.3) is 0 Å². The maximum atomic E-state index is 10.6. The van der Waals surface area contributed by atoms with Gasteiger partial charge in [0, 0.05) is 19.7 Å². The van der Waals surface area contributed by atoms with Crippen molar-refractivity contribution in [3.63, 3.8) is 0 Å². The minimum Gasteiger partial charge on any atom is -0.362 e. The van der Waals surface area contributed by atoms with Gasteiger partial charge in [-0.05, 0) is 6.92 Å². The maximum absolute atomic E-state index is 10.6. The van der Waals surface area contributed by atoms with E-state index < -0.39 is 4.92 Å². The zero-order valence-corrected chi connectivity index (χ0v) is 8.39. The SMILES string of the molecule is CC1=C([N+](=O)[O-])C=C(N(C)C)N(O)C1. The number of nitro groups is 1. The van der Waals surface area contributed by atoms with Crippen molar-refractivity contribution in [2.24, 2.45) is 0 Å². The predicted octanol–water partition coefficient (Wildman–Crippen LogP) is 0.645. The van der Waals surface area contributed by atoms with Crippen LogP contribution < -0.4 is 0 Å². The third-order valence-corrected chi connectivity index (χ3v) is 2.01.